The second kappa shape index (κ2) is 14.2. The SMILES string of the molecule is CCC(C)=CC=CC=CC1OC(=O)CC2CC(C)CC(CC3CCCC(CC(C)C=CC1C)O3)O2. The molecule has 0 N–H and O–H groups in total. The van der Waals surface area contributed by atoms with Gasteiger partial charge in [0.2, 0.25) is 0 Å². The van der Waals surface area contributed by atoms with E-state index in [1.807, 2.05) is 24.3 Å². The van der Waals surface area contributed by atoms with E-state index in [9.17, 15) is 4.79 Å². The number of rotatable bonds is 4. The van der Waals surface area contributed by atoms with Crippen LogP contribution in [0.4, 0.5) is 0 Å². The highest BCUT2D eigenvalue weighted by Gasteiger charge is 2.33. The number of allylic oxidation sites excluding steroid dienone is 6. The third kappa shape index (κ3) is 9.73. The summed E-state index contributed by atoms with van der Waals surface area (Å²) in [4.78, 5) is 13.0. The van der Waals surface area contributed by atoms with Gasteiger partial charge in [-0.3, -0.25) is 4.79 Å². The first-order valence-electron chi connectivity index (χ1n) is 14.0. The average molecular weight is 485 g/mol. The van der Waals surface area contributed by atoms with Crippen molar-refractivity contribution >= 4 is 5.97 Å². The Kier molecular flexibility index (Phi) is 11.3. The summed E-state index contributed by atoms with van der Waals surface area (Å²) >= 11 is 0. The normalized spacial score (nSPS) is 38.1. The zero-order valence-electron chi connectivity index (χ0n) is 22.7. The Hall–Kier alpha value is -1.65. The largest absolute Gasteiger partial charge is 0.457 e. The lowest BCUT2D eigenvalue weighted by Gasteiger charge is -2.38. The van der Waals surface area contributed by atoms with Crippen LogP contribution in [0.3, 0.4) is 0 Å². The van der Waals surface area contributed by atoms with Crippen molar-refractivity contribution in [2.24, 2.45) is 17.8 Å². The molecule has 0 aliphatic carbocycles. The van der Waals surface area contributed by atoms with E-state index in [4.69, 9.17) is 14.2 Å². The number of cyclic esters (lactones) is 1. The lowest BCUT2D eigenvalue weighted by molar-refractivity contribution is -0.157. The van der Waals surface area contributed by atoms with Gasteiger partial charge in [0.1, 0.15) is 6.10 Å². The van der Waals surface area contributed by atoms with Crippen LogP contribution in [0.25, 0.3) is 0 Å². The van der Waals surface area contributed by atoms with Gasteiger partial charge in [-0.1, -0.05) is 69.7 Å². The predicted molar refractivity (Wildman–Crippen MR) is 143 cm³/mol. The average Bonchev–Trinajstić information content (AvgIpc) is 2.80. The highest BCUT2D eigenvalue weighted by atomic mass is 16.5. The summed E-state index contributed by atoms with van der Waals surface area (Å²) in [6.07, 6.45) is 23.9. The van der Waals surface area contributed by atoms with Crippen molar-refractivity contribution in [3.05, 3.63) is 48.1 Å². The van der Waals surface area contributed by atoms with Crippen molar-refractivity contribution in [1.29, 1.82) is 0 Å². The molecular formula is C31H48O4. The van der Waals surface area contributed by atoms with Gasteiger partial charge in [-0.25, -0.2) is 0 Å². The standard InChI is InChI=1S/C31H48O4/c1-6-22(2)11-8-7-9-14-30-25(5)16-15-23(3)17-26-12-10-13-27(33-26)20-28-18-24(4)19-29(34-28)21-31(32)35-30/h7-9,11,14-16,23-30H,6,10,12-13,17-21H2,1-5H3. The first kappa shape index (κ1) is 27.9. The second-order valence-corrected chi connectivity index (χ2v) is 11.3. The molecule has 0 saturated carbocycles. The van der Waals surface area contributed by atoms with Crippen LogP contribution in [0.5, 0.6) is 0 Å². The summed E-state index contributed by atoms with van der Waals surface area (Å²) in [6, 6.07) is 0. The molecule has 0 amide bonds. The number of ether oxygens (including phenoxy) is 3. The monoisotopic (exact) mass is 484 g/mol. The minimum absolute atomic E-state index is 0.0684. The molecule has 3 aliphatic rings. The molecule has 0 aromatic rings. The summed E-state index contributed by atoms with van der Waals surface area (Å²) in [5, 5.41) is 0. The van der Waals surface area contributed by atoms with E-state index in [0.29, 0.717) is 24.4 Å². The number of hydrogen-bond acceptors (Lipinski definition) is 4. The highest BCUT2D eigenvalue weighted by molar-refractivity contribution is 5.70. The molecule has 4 bridgehead atoms. The molecule has 0 aromatic carbocycles. The van der Waals surface area contributed by atoms with Crippen molar-refractivity contribution in [3.8, 4) is 0 Å². The fraction of sp³-hybridized carbons (Fsp3) is 0.710. The Morgan fingerprint density at radius 1 is 0.914 bits per heavy atom. The Bertz CT molecular complexity index is 779. The molecule has 3 heterocycles. The summed E-state index contributed by atoms with van der Waals surface area (Å²) in [5.74, 6) is 0.891. The molecule has 2 fully saturated rings. The van der Waals surface area contributed by atoms with Gasteiger partial charge in [-0.15, -0.1) is 0 Å². The minimum Gasteiger partial charge on any atom is -0.457 e. The summed E-state index contributed by atoms with van der Waals surface area (Å²) in [6.45, 7) is 10.9. The number of fused-ring (bicyclic) bond motifs is 4. The second-order valence-electron chi connectivity index (χ2n) is 11.3. The molecule has 8 unspecified atom stereocenters. The lowest BCUT2D eigenvalue weighted by atomic mass is 9.88. The van der Waals surface area contributed by atoms with Crippen molar-refractivity contribution in [2.45, 2.75) is 123 Å². The fourth-order valence-corrected chi connectivity index (χ4v) is 5.53. The lowest BCUT2D eigenvalue weighted by Crippen LogP contribution is -2.38. The van der Waals surface area contributed by atoms with Crippen LogP contribution in [0.2, 0.25) is 0 Å². The van der Waals surface area contributed by atoms with Crippen LogP contribution < -0.4 is 0 Å². The van der Waals surface area contributed by atoms with Gasteiger partial charge in [0.05, 0.1) is 30.8 Å². The third-order valence-electron chi connectivity index (χ3n) is 7.70. The van der Waals surface area contributed by atoms with Gasteiger partial charge < -0.3 is 14.2 Å². The van der Waals surface area contributed by atoms with Crippen LogP contribution in [-0.4, -0.2) is 36.5 Å². The molecule has 0 aromatic heterocycles. The molecule has 35 heavy (non-hydrogen) atoms. The van der Waals surface area contributed by atoms with Gasteiger partial charge in [-0.05, 0) is 76.2 Å². The van der Waals surface area contributed by atoms with Gasteiger partial charge in [-0.2, -0.15) is 0 Å². The number of carbonyl (C=O) groups excluding carboxylic acids is 1. The topological polar surface area (TPSA) is 44.8 Å². The Labute approximate surface area is 213 Å². The van der Waals surface area contributed by atoms with E-state index in [-0.39, 0.29) is 36.3 Å². The first-order chi connectivity index (χ1) is 16.8. The Morgan fingerprint density at radius 3 is 2.40 bits per heavy atom. The van der Waals surface area contributed by atoms with E-state index in [2.05, 4.69) is 52.8 Å². The molecule has 4 heteroatoms. The summed E-state index contributed by atoms with van der Waals surface area (Å²) in [5.41, 5.74) is 1.34. The molecule has 2 saturated heterocycles. The third-order valence-corrected chi connectivity index (χ3v) is 7.70. The highest BCUT2D eigenvalue weighted by Crippen LogP contribution is 2.33. The zero-order valence-corrected chi connectivity index (χ0v) is 22.7. The summed E-state index contributed by atoms with van der Waals surface area (Å²) in [7, 11) is 0. The zero-order chi connectivity index (χ0) is 25.2. The van der Waals surface area contributed by atoms with Crippen LogP contribution in [-0.2, 0) is 19.0 Å². The number of esters is 1. The van der Waals surface area contributed by atoms with Gasteiger partial charge >= 0.3 is 5.97 Å². The molecular weight excluding hydrogens is 436 g/mol. The van der Waals surface area contributed by atoms with Crippen molar-refractivity contribution in [1.82, 2.24) is 0 Å². The van der Waals surface area contributed by atoms with Crippen LogP contribution in [0.15, 0.2) is 48.1 Å². The fourth-order valence-electron chi connectivity index (χ4n) is 5.53. The van der Waals surface area contributed by atoms with Crippen molar-refractivity contribution in [3.63, 3.8) is 0 Å². The molecule has 196 valence electrons. The number of carbonyl (C=O) groups is 1. The van der Waals surface area contributed by atoms with Crippen LogP contribution in [0, 0.1) is 17.8 Å². The maximum atomic E-state index is 13.0. The van der Waals surface area contributed by atoms with E-state index < -0.39 is 0 Å². The van der Waals surface area contributed by atoms with E-state index in [1.165, 1.54) is 12.0 Å². The van der Waals surface area contributed by atoms with Gasteiger partial charge in [0.25, 0.3) is 0 Å². The Balaban J connectivity index is 1.76. The molecule has 3 aliphatic heterocycles. The molecule has 0 spiro atoms. The first-order valence-corrected chi connectivity index (χ1v) is 14.0. The van der Waals surface area contributed by atoms with Gasteiger partial charge in [0.15, 0.2) is 0 Å². The maximum absolute atomic E-state index is 13.0. The maximum Gasteiger partial charge on any atom is 0.309 e. The molecule has 8 atom stereocenters. The smallest absolute Gasteiger partial charge is 0.309 e. The predicted octanol–water partition coefficient (Wildman–Crippen LogP) is 7.50. The van der Waals surface area contributed by atoms with Crippen LogP contribution in [0.1, 0.15) is 92.4 Å². The molecule has 0 radical (unpaired) electrons. The van der Waals surface area contributed by atoms with Crippen molar-refractivity contribution < 1.29 is 19.0 Å². The van der Waals surface area contributed by atoms with Crippen molar-refractivity contribution in [2.75, 3.05) is 0 Å². The van der Waals surface area contributed by atoms with E-state index in [1.54, 1.807) is 0 Å². The number of hydrogen-bond donors (Lipinski definition) is 0. The molecule has 3 rings (SSSR count). The molecule has 4 nitrogen and oxygen atoms in total. The van der Waals surface area contributed by atoms with E-state index in [0.717, 1.165) is 44.9 Å². The van der Waals surface area contributed by atoms with Crippen LogP contribution >= 0.6 is 0 Å². The van der Waals surface area contributed by atoms with E-state index >= 15 is 0 Å². The quantitative estimate of drug-likeness (QED) is 0.235. The minimum atomic E-state index is -0.299. The Morgan fingerprint density at radius 2 is 1.63 bits per heavy atom. The van der Waals surface area contributed by atoms with Gasteiger partial charge in [0, 0.05) is 5.92 Å². The summed E-state index contributed by atoms with van der Waals surface area (Å²) < 4.78 is 19.0.